The molecule has 0 saturated carbocycles. The molecular weight excluding hydrogens is 383 g/mol. The van der Waals surface area contributed by atoms with Crippen molar-refractivity contribution in [3.63, 3.8) is 0 Å². The van der Waals surface area contributed by atoms with Gasteiger partial charge in [0.1, 0.15) is 11.6 Å². The molecule has 0 aliphatic heterocycles. The fourth-order valence-electron chi connectivity index (χ4n) is 2.43. The number of carbonyl (C=O) groups excluding carboxylic acids is 2. The molecular formula is C20H15FN2O6. The largest absolute Gasteiger partial charge is 0.449 e. The van der Waals surface area contributed by atoms with E-state index in [2.05, 4.69) is 5.32 Å². The highest BCUT2D eigenvalue weighted by molar-refractivity contribution is 5.97. The number of esters is 1. The third-order valence-corrected chi connectivity index (χ3v) is 3.91. The number of carbonyl (C=O) groups is 2. The van der Waals surface area contributed by atoms with Crippen LogP contribution in [0.3, 0.4) is 0 Å². The number of nitro groups is 1. The molecule has 9 heteroatoms. The van der Waals surface area contributed by atoms with Crippen LogP contribution in [0.4, 0.5) is 15.8 Å². The summed E-state index contributed by atoms with van der Waals surface area (Å²) in [6.45, 7) is 1.36. The van der Waals surface area contributed by atoms with E-state index in [9.17, 15) is 24.1 Å². The van der Waals surface area contributed by atoms with Gasteiger partial charge in [-0.3, -0.25) is 14.9 Å². The zero-order valence-electron chi connectivity index (χ0n) is 15.1. The molecule has 0 aliphatic carbocycles. The van der Waals surface area contributed by atoms with Gasteiger partial charge in [0, 0.05) is 23.4 Å². The van der Waals surface area contributed by atoms with E-state index in [-0.39, 0.29) is 17.1 Å². The number of ether oxygens (including phenoxy) is 1. The molecule has 3 aromatic rings. The number of furan rings is 1. The van der Waals surface area contributed by atoms with E-state index in [1.165, 1.54) is 67.6 Å². The number of rotatable bonds is 6. The molecule has 148 valence electrons. The first-order valence-corrected chi connectivity index (χ1v) is 8.45. The minimum atomic E-state index is -1.18. The number of halogens is 1. The molecule has 0 radical (unpaired) electrons. The lowest BCUT2D eigenvalue weighted by atomic mass is 10.2. The first-order chi connectivity index (χ1) is 13.8. The van der Waals surface area contributed by atoms with Crippen molar-refractivity contribution in [1.29, 1.82) is 0 Å². The molecule has 1 amide bonds. The van der Waals surface area contributed by atoms with Gasteiger partial charge < -0.3 is 14.5 Å². The molecule has 3 rings (SSSR count). The molecule has 0 bridgehead atoms. The van der Waals surface area contributed by atoms with Crippen molar-refractivity contribution in [2.75, 3.05) is 5.32 Å². The van der Waals surface area contributed by atoms with Gasteiger partial charge in [-0.2, -0.15) is 0 Å². The van der Waals surface area contributed by atoms with E-state index >= 15 is 0 Å². The van der Waals surface area contributed by atoms with E-state index in [4.69, 9.17) is 9.15 Å². The van der Waals surface area contributed by atoms with Crippen molar-refractivity contribution in [3.05, 3.63) is 82.4 Å². The van der Waals surface area contributed by atoms with Crippen LogP contribution >= 0.6 is 0 Å². The van der Waals surface area contributed by atoms with E-state index in [1.807, 2.05) is 0 Å². The molecule has 0 fully saturated rings. The highest BCUT2D eigenvalue weighted by Gasteiger charge is 2.22. The number of nitrogens with zero attached hydrogens (tertiary/aromatic N) is 1. The van der Waals surface area contributed by atoms with Gasteiger partial charge in [-0.25, -0.2) is 9.18 Å². The third kappa shape index (κ3) is 4.83. The molecule has 1 N–H and O–H groups in total. The fourth-order valence-corrected chi connectivity index (χ4v) is 2.43. The Morgan fingerprint density at radius 1 is 1.14 bits per heavy atom. The topological polar surface area (TPSA) is 112 Å². The summed E-state index contributed by atoms with van der Waals surface area (Å²) >= 11 is 0. The van der Waals surface area contributed by atoms with Crippen LogP contribution < -0.4 is 5.32 Å². The Balaban J connectivity index is 1.63. The smallest absolute Gasteiger partial charge is 0.375 e. The summed E-state index contributed by atoms with van der Waals surface area (Å²) in [5.74, 6) is -1.71. The predicted molar refractivity (Wildman–Crippen MR) is 101 cm³/mol. The number of non-ortho nitro benzene ring substituents is 1. The first-order valence-electron chi connectivity index (χ1n) is 8.45. The summed E-state index contributed by atoms with van der Waals surface area (Å²) in [6, 6.07) is 13.8. The molecule has 1 unspecified atom stereocenters. The second-order valence-electron chi connectivity index (χ2n) is 6.02. The minimum absolute atomic E-state index is 0.126. The Morgan fingerprint density at radius 2 is 1.86 bits per heavy atom. The van der Waals surface area contributed by atoms with Gasteiger partial charge in [0.25, 0.3) is 11.6 Å². The van der Waals surface area contributed by atoms with Crippen LogP contribution in [0.1, 0.15) is 17.5 Å². The number of hydrogen-bond acceptors (Lipinski definition) is 6. The summed E-state index contributed by atoms with van der Waals surface area (Å²) in [7, 11) is 0. The molecule has 0 spiro atoms. The second kappa shape index (κ2) is 8.34. The minimum Gasteiger partial charge on any atom is -0.449 e. The van der Waals surface area contributed by atoms with Crippen LogP contribution in [0, 0.1) is 15.9 Å². The molecule has 29 heavy (non-hydrogen) atoms. The van der Waals surface area contributed by atoms with Crippen molar-refractivity contribution in [1.82, 2.24) is 0 Å². The van der Waals surface area contributed by atoms with Gasteiger partial charge in [-0.05, 0) is 49.4 Å². The molecule has 1 aromatic heterocycles. The van der Waals surface area contributed by atoms with Crippen molar-refractivity contribution in [3.8, 4) is 11.3 Å². The maximum atomic E-state index is 13.0. The van der Waals surface area contributed by atoms with E-state index < -0.39 is 28.7 Å². The summed E-state index contributed by atoms with van der Waals surface area (Å²) in [5.41, 5.74) is 0.585. The standard InChI is InChI=1S/C20H15FN2O6/c1-12(19(24)22-15-3-2-4-16(11-15)23(26)27)28-20(25)18-10-9-17(29-18)13-5-7-14(21)8-6-13/h2-12H,1H3,(H,22,24). The van der Waals surface area contributed by atoms with Crippen LogP contribution in [-0.4, -0.2) is 22.9 Å². The molecule has 0 saturated heterocycles. The number of anilines is 1. The quantitative estimate of drug-likeness (QED) is 0.379. The van der Waals surface area contributed by atoms with Crippen molar-refractivity contribution >= 4 is 23.3 Å². The highest BCUT2D eigenvalue weighted by Crippen LogP contribution is 2.23. The average molecular weight is 398 g/mol. The molecule has 0 aliphatic rings. The van der Waals surface area contributed by atoms with E-state index in [0.29, 0.717) is 11.3 Å². The summed E-state index contributed by atoms with van der Waals surface area (Å²) < 4.78 is 23.5. The molecule has 2 aromatic carbocycles. The second-order valence-corrected chi connectivity index (χ2v) is 6.02. The SMILES string of the molecule is CC(OC(=O)c1ccc(-c2ccc(F)cc2)o1)C(=O)Nc1cccc([N+](=O)[O-])c1. The lowest BCUT2D eigenvalue weighted by molar-refractivity contribution is -0.384. The Kier molecular flexibility index (Phi) is 5.68. The van der Waals surface area contributed by atoms with Crippen molar-refractivity contribution < 1.29 is 28.1 Å². The summed E-state index contributed by atoms with van der Waals surface area (Å²) in [5, 5.41) is 13.2. The molecule has 8 nitrogen and oxygen atoms in total. The Labute approximate surface area is 164 Å². The van der Waals surface area contributed by atoms with E-state index in [1.54, 1.807) is 0 Å². The van der Waals surface area contributed by atoms with Crippen LogP contribution in [0.5, 0.6) is 0 Å². The van der Waals surface area contributed by atoms with Gasteiger partial charge in [0.2, 0.25) is 5.76 Å². The van der Waals surface area contributed by atoms with Crippen LogP contribution in [0.25, 0.3) is 11.3 Å². The van der Waals surface area contributed by atoms with Gasteiger partial charge in [-0.1, -0.05) is 6.07 Å². The van der Waals surface area contributed by atoms with Gasteiger partial charge >= 0.3 is 5.97 Å². The number of hydrogen-bond donors (Lipinski definition) is 1. The van der Waals surface area contributed by atoms with Gasteiger partial charge in [-0.15, -0.1) is 0 Å². The predicted octanol–water partition coefficient (Wildman–Crippen LogP) is 4.18. The lowest BCUT2D eigenvalue weighted by Gasteiger charge is -2.12. The van der Waals surface area contributed by atoms with E-state index in [0.717, 1.165) is 0 Å². The Morgan fingerprint density at radius 3 is 2.55 bits per heavy atom. The summed E-state index contributed by atoms with van der Waals surface area (Å²) in [6.07, 6.45) is -1.18. The highest BCUT2D eigenvalue weighted by atomic mass is 19.1. The normalized spacial score (nSPS) is 11.5. The van der Waals surface area contributed by atoms with Crippen molar-refractivity contribution in [2.24, 2.45) is 0 Å². The third-order valence-electron chi connectivity index (χ3n) is 3.91. The monoisotopic (exact) mass is 398 g/mol. The van der Waals surface area contributed by atoms with Crippen molar-refractivity contribution in [2.45, 2.75) is 13.0 Å². The molecule has 1 atom stereocenters. The zero-order valence-corrected chi connectivity index (χ0v) is 15.1. The number of benzene rings is 2. The van der Waals surface area contributed by atoms with Crippen LogP contribution in [0.2, 0.25) is 0 Å². The maximum absolute atomic E-state index is 13.0. The fraction of sp³-hybridized carbons (Fsp3) is 0.100. The Hall–Kier alpha value is -4.01. The molecule has 1 heterocycles. The number of nitrogens with one attached hydrogen (secondary N) is 1. The average Bonchev–Trinajstić information content (AvgIpc) is 3.19. The zero-order chi connectivity index (χ0) is 21.0. The van der Waals surface area contributed by atoms with Crippen LogP contribution in [-0.2, 0) is 9.53 Å². The van der Waals surface area contributed by atoms with Gasteiger partial charge in [0.05, 0.1) is 4.92 Å². The van der Waals surface area contributed by atoms with Crippen LogP contribution in [0.15, 0.2) is 65.1 Å². The maximum Gasteiger partial charge on any atom is 0.375 e. The van der Waals surface area contributed by atoms with Gasteiger partial charge in [0.15, 0.2) is 6.10 Å². The number of nitro benzene ring substituents is 1. The first kappa shape index (κ1) is 19.7. The lowest BCUT2D eigenvalue weighted by Crippen LogP contribution is -2.29. The Bertz CT molecular complexity index is 1060. The number of amides is 1. The summed E-state index contributed by atoms with van der Waals surface area (Å²) in [4.78, 5) is 34.6.